The van der Waals surface area contributed by atoms with Gasteiger partial charge in [0, 0.05) is 56.2 Å². The van der Waals surface area contributed by atoms with Gasteiger partial charge in [0.15, 0.2) is 5.76 Å². The van der Waals surface area contributed by atoms with Crippen LogP contribution in [0.15, 0.2) is 144 Å². The van der Waals surface area contributed by atoms with Crippen molar-refractivity contribution in [3.05, 3.63) is 174 Å². The molecule has 2 saturated heterocycles. The molecule has 3 unspecified atom stereocenters. The third kappa shape index (κ3) is 8.24. The number of nitrogens with zero attached hydrogens (tertiary/aromatic N) is 5. The van der Waals surface area contributed by atoms with Gasteiger partial charge in [0.05, 0.1) is 23.1 Å². The molecule has 3 aliphatic heterocycles. The number of piperazine rings is 1. The Hall–Kier alpha value is -8.27. The maximum atomic E-state index is 15.8. The molecule has 65 heavy (non-hydrogen) atoms. The van der Waals surface area contributed by atoms with Crippen LogP contribution in [0.2, 0.25) is 0 Å². The fourth-order valence-electron chi connectivity index (χ4n) is 8.53. The molecule has 0 radical (unpaired) electrons. The van der Waals surface area contributed by atoms with E-state index in [1.165, 1.54) is 29.5 Å². The van der Waals surface area contributed by atoms with Gasteiger partial charge in [-0.2, -0.15) is 0 Å². The molecule has 0 bridgehead atoms. The topological polar surface area (TPSA) is 183 Å². The summed E-state index contributed by atoms with van der Waals surface area (Å²) in [6, 6.07) is 30.4. The monoisotopic (exact) mass is 873 g/mol. The number of anilines is 2. The number of fused-ring (bicyclic) bond motifs is 1. The Morgan fingerprint density at radius 1 is 0.769 bits per heavy atom. The number of piperidine rings is 1. The average molecular weight is 874 g/mol. The van der Waals surface area contributed by atoms with Gasteiger partial charge < -0.3 is 19.5 Å². The maximum Gasteiger partial charge on any atom is 0.294 e. The Morgan fingerprint density at radius 3 is 2.08 bits per heavy atom. The van der Waals surface area contributed by atoms with E-state index in [1.807, 2.05) is 42.5 Å². The van der Waals surface area contributed by atoms with E-state index in [2.05, 4.69) is 15.6 Å². The molecule has 0 spiro atoms. The predicted octanol–water partition coefficient (Wildman–Crippen LogP) is 5.48. The number of rotatable bonds is 11. The summed E-state index contributed by atoms with van der Waals surface area (Å²) in [7, 11) is 0. The molecule has 2 N–H and O–H groups in total. The molecule has 0 aliphatic carbocycles. The van der Waals surface area contributed by atoms with E-state index in [9.17, 15) is 33.6 Å². The third-order valence-electron chi connectivity index (χ3n) is 11.8. The molecule has 3 atom stereocenters. The lowest BCUT2D eigenvalue weighted by atomic mass is 10.0. The highest BCUT2D eigenvalue weighted by Gasteiger charge is 2.46. The lowest BCUT2D eigenvalue weighted by molar-refractivity contribution is -0.137. The van der Waals surface area contributed by atoms with E-state index in [-0.39, 0.29) is 61.6 Å². The third-order valence-corrected chi connectivity index (χ3v) is 11.8. The minimum atomic E-state index is -1.34. The normalized spacial score (nSPS) is 17.0. The molecule has 4 aromatic carbocycles. The van der Waals surface area contributed by atoms with E-state index in [1.54, 1.807) is 76.7 Å². The quantitative estimate of drug-likeness (QED) is 0.158. The van der Waals surface area contributed by atoms with Gasteiger partial charge in [-0.25, -0.2) is 4.39 Å². The van der Waals surface area contributed by atoms with Crippen LogP contribution in [0.4, 0.5) is 15.8 Å². The summed E-state index contributed by atoms with van der Waals surface area (Å²) in [6.07, 6.45) is 4.30. The molecule has 9 rings (SSSR count). The molecular weight excluding hydrogens is 834 g/mol. The van der Waals surface area contributed by atoms with E-state index in [0.29, 0.717) is 16.8 Å². The van der Waals surface area contributed by atoms with Gasteiger partial charge in [0.25, 0.3) is 17.7 Å². The molecule has 326 valence electrons. The largest absolute Gasteiger partial charge is 0.459 e. The second-order valence-corrected chi connectivity index (χ2v) is 15.7. The second-order valence-electron chi connectivity index (χ2n) is 15.7. The Kier molecular flexibility index (Phi) is 11.5. The Bertz CT molecular complexity index is 2800. The van der Waals surface area contributed by atoms with E-state index < -0.39 is 65.3 Å². The minimum Gasteiger partial charge on any atom is -0.459 e. The molecule has 2 fully saturated rings. The van der Waals surface area contributed by atoms with Crippen LogP contribution in [0, 0.1) is 5.82 Å². The standard InChI is InChI=1S/C49H40FN7O8/c50-37-27-35-36(47(62)57(46(35)61)38-19-20-41(58)52-44(38)59)28-39(37)54-22-24-55(25-23-54)49(64)42(32-11-5-2-6-12-32)53-45(60)43(33-13-7-21-51-29-33)56(48(63)40-14-8-26-65-40)34-17-15-31(16-18-34)30-9-3-1-4-10-30/h1-18,21,26-29,38,42-43H,19-20,22-25H2,(H,53,60)(H,52,58,59). The number of carbonyl (C=O) groups is 7. The van der Waals surface area contributed by atoms with E-state index >= 15 is 4.39 Å². The predicted molar refractivity (Wildman–Crippen MR) is 234 cm³/mol. The molecule has 15 nitrogen and oxygen atoms in total. The first kappa shape index (κ1) is 42.1. The number of benzene rings is 4. The molecule has 0 saturated carbocycles. The summed E-state index contributed by atoms with van der Waals surface area (Å²) < 4.78 is 21.4. The molecular formula is C49H40FN7O8. The summed E-state index contributed by atoms with van der Waals surface area (Å²) in [5.74, 6) is -5.42. The van der Waals surface area contributed by atoms with Gasteiger partial charge >= 0.3 is 0 Å². The van der Waals surface area contributed by atoms with Crippen LogP contribution in [0.5, 0.6) is 0 Å². The van der Waals surface area contributed by atoms with Crippen molar-refractivity contribution in [1.29, 1.82) is 0 Å². The van der Waals surface area contributed by atoms with Crippen molar-refractivity contribution in [1.82, 2.24) is 25.4 Å². The van der Waals surface area contributed by atoms with Gasteiger partial charge in [-0.1, -0.05) is 78.9 Å². The zero-order valence-corrected chi connectivity index (χ0v) is 34.6. The Balaban J connectivity index is 0.977. The highest BCUT2D eigenvalue weighted by molar-refractivity contribution is 6.24. The van der Waals surface area contributed by atoms with Crippen LogP contribution in [0.3, 0.4) is 0 Å². The summed E-state index contributed by atoms with van der Waals surface area (Å²) in [5.41, 5.74) is 2.83. The first-order chi connectivity index (χ1) is 31.6. The Morgan fingerprint density at radius 2 is 1.43 bits per heavy atom. The number of nitrogens with one attached hydrogen (secondary N) is 2. The smallest absolute Gasteiger partial charge is 0.294 e. The zero-order chi connectivity index (χ0) is 45.2. The minimum absolute atomic E-state index is 0.0187. The first-order valence-electron chi connectivity index (χ1n) is 20.9. The van der Waals surface area contributed by atoms with Crippen molar-refractivity contribution in [3.8, 4) is 11.1 Å². The van der Waals surface area contributed by atoms with Crippen molar-refractivity contribution in [2.45, 2.75) is 31.0 Å². The van der Waals surface area contributed by atoms with E-state index in [4.69, 9.17) is 4.42 Å². The van der Waals surface area contributed by atoms with Gasteiger partial charge in [-0.05, 0) is 65.6 Å². The summed E-state index contributed by atoms with van der Waals surface area (Å²) in [5, 5.41) is 5.11. The number of imide groups is 2. The fourth-order valence-corrected chi connectivity index (χ4v) is 8.53. The van der Waals surface area contributed by atoms with Gasteiger partial charge in [-0.3, -0.25) is 53.7 Å². The average Bonchev–Trinajstić information content (AvgIpc) is 3.96. The lowest BCUT2D eigenvalue weighted by Crippen LogP contribution is -2.54. The number of carbonyl (C=O) groups excluding carboxylic acids is 7. The van der Waals surface area contributed by atoms with Crippen molar-refractivity contribution >= 4 is 52.7 Å². The van der Waals surface area contributed by atoms with Crippen molar-refractivity contribution in [2.24, 2.45) is 0 Å². The summed E-state index contributed by atoms with van der Waals surface area (Å²) in [6.45, 7) is 0.427. The zero-order valence-electron chi connectivity index (χ0n) is 34.6. The van der Waals surface area contributed by atoms with Crippen LogP contribution in [0.1, 0.15) is 67.3 Å². The molecule has 6 aromatic rings. The van der Waals surface area contributed by atoms with Gasteiger partial charge in [0.1, 0.15) is 23.9 Å². The van der Waals surface area contributed by atoms with Crippen LogP contribution < -0.4 is 20.4 Å². The van der Waals surface area contributed by atoms with Crippen molar-refractivity contribution < 1.29 is 42.4 Å². The number of hydrogen-bond acceptors (Lipinski definition) is 10. The Labute approximate surface area is 371 Å². The number of amides is 7. The SMILES string of the molecule is O=C1CCC(N2C(=O)c3cc(F)c(N4CCN(C(=O)C(NC(=O)C(c5cccnc5)N(C(=O)c5ccco5)c5ccc(-c6ccccc6)cc5)c5ccccc5)CC4)cc3C2=O)C(=O)N1. The highest BCUT2D eigenvalue weighted by Crippen LogP contribution is 2.35. The van der Waals surface area contributed by atoms with E-state index in [0.717, 1.165) is 22.1 Å². The van der Waals surface area contributed by atoms with Gasteiger partial charge in [0.2, 0.25) is 23.6 Å². The molecule has 16 heteroatoms. The lowest BCUT2D eigenvalue weighted by Gasteiger charge is -2.38. The van der Waals surface area contributed by atoms with Crippen molar-refractivity contribution in [2.75, 3.05) is 36.0 Å². The molecule has 7 amide bonds. The molecule has 5 heterocycles. The molecule has 2 aromatic heterocycles. The van der Waals surface area contributed by atoms with Crippen LogP contribution in [-0.4, -0.2) is 88.4 Å². The number of aromatic nitrogens is 1. The number of hydrogen-bond donors (Lipinski definition) is 2. The van der Waals surface area contributed by atoms with Crippen molar-refractivity contribution in [3.63, 3.8) is 0 Å². The second kappa shape index (κ2) is 17.8. The number of pyridine rings is 1. The summed E-state index contributed by atoms with van der Waals surface area (Å²) >= 11 is 0. The fraction of sp³-hybridized carbons (Fsp3) is 0.184. The van der Waals surface area contributed by atoms with Crippen LogP contribution >= 0.6 is 0 Å². The molecule has 3 aliphatic rings. The maximum absolute atomic E-state index is 15.8. The first-order valence-corrected chi connectivity index (χ1v) is 20.9. The van der Waals surface area contributed by atoms with Gasteiger partial charge in [-0.15, -0.1) is 0 Å². The van der Waals surface area contributed by atoms with Crippen LogP contribution in [-0.2, 0) is 19.2 Å². The highest BCUT2D eigenvalue weighted by atomic mass is 19.1. The summed E-state index contributed by atoms with van der Waals surface area (Å²) in [4.78, 5) is 105. The number of halogens is 1. The number of furan rings is 1. The van der Waals surface area contributed by atoms with Crippen LogP contribution in [0.25, 0.3) is 11.1 Å².